The molecule has 2 amide bonds. The normalized spacial score (nSPS) is 14.8. The predicted molar refractivity (Wildman–Crippen MR) is 105 cm³/mol. The summed E-state index contributed by atoms with van der Waals surface area (Å²) in [5, 5.41) is 7.15. The molecular weight excluding hydrogens is 354 g/mol. The van der Waals surface area contributed by atoms with Gasteiger partial charge in [-0.2, -0.15) is 5.10 Å². The first-order valence-corrected chi connectivity index (χ1v) is 9.36. The molecule has 28 heavy (non-hydrogen) atoms. The second-order valence-electron chi connectivity index (χ2n) is 6.79. The minimum atomic E-state index is -0.0211. The van der Waals surface area contributed by atoms with E-state index in [9.17, 15) is 4.79 Å². The Balaban J connectivity index is 1.25. The van der Waals surface area contributed by atoms with Gasteiger partial charge in [0.25, 0.3) is 0 Å². The van der Waals surface area contributed by atoms with Gasteiger partial charge in [-0.3, -0.25) is 9.88 Å². The van der Waals surface area contributed by atoms with Gasteiger partial charge in [-0.15, -0.1) is 0 Å². The van der Waals surface area contributed by atoms with Gasteiger partial charge in [0.05, 0.1) is 5.69 Å². The third-order valence-corrected chi connectivity index (χ3v) is 4.83. The number of carbonyl (C=O) groups excluding carboxylic acids is 1. The lowest BCUT2D eigenvalue weighted by Gasteiger charge is -2.34. The molecule has 0 spiro atoms. The summed E-state index contributed by atoms with van der Waals surface area (Å²) in [5.74, 6) is 0. The number of piperazine rings is 1. The van der Waals surface area contributed by atoms with E-state index in [1.807, 2.05) is 41.4 Å². The summed E-state index contributed by atoms with van der Waals surface area (Å²) in [6.45, 7) is 4.54. The maximum atomic E-state index is 12.5. The molecule has 0 atom stereocenters. The second-order valence-corrected chi connectivity index (χ2v) is 6.79. The molecule has 3 aromatic rings. The first-order chi connectivity index (χ1) is 13.8. The molecular formula is C20H23N7O. The number of hydrogen-bond acceptors (Lipinski definition) is 5. The number of pyridine rings is 1. The van der Waals surface area contributed by atoms with Crippen molar-refractivity contribution in [2.45, 2.75) is 13.1 Å². The first-order valence-electron chi connectivity index (χ1n) is 9.36. The lowest BCUT2D eigenvalue weighted by atomic mass is 10.2. The SMILES string of the molecule is O=C(NCc1cccc(-n2cncn2)c1)N1CCN(Cc2cccnc2)CC1. The van der Waals surface area contributed by atoms with Crippen LogP contribution in [0.1, 0.15) is 11.1 Å². The molecule has 0 bridgehead atoms. The molecule has 3 heterocycles. The Hall–Kier alpha value is -3.26. The molecule has 2 aromatic heterocycles. The highest BCUT2D eigenvalue weighted by atomic mass is 16.2. The van der Waals surface area contributed by atoms with E-state index in [1.54, 1.807) is 17.2 Å². The molecule has 0 radical (unpaired) electrons. The van der Waals surface area contributed by atoms with Crippen LogP contribution in [0.4, 0.5) is 4.79 Å². The Kier molecular flexibility index (Phi) is 5.58. The zero-order valence-corrected chi connectivity index (χ0v) is 15.6. The number of amides is 2. The van der Waals surface area contributed by atoms with Crippen LogP contribution in [0.25, 0.3) is 5.69 Å². The van der Waals surface area contributed by atoms with Crippen molar-refractivity contribution >= 4 is 6.03 Å². The fraction of sp³-hybridized carbons (Fsp3) is 0.300. The lowest BCUT2D eigenvalue weighted by Crippen LogP contribution is -2.51. The first kappa shape index (κ1) is 18.1. The molecule has 1 saturated heterocycles. The molecule has 1 aromatic carbocycles. The molecule has 1 aliphatic heterocycles. The number of benzene rings is 1. The molecule has 1 aliphatic rings. The van der Waals surface area contributed by atoms with Crippen molar-refractivity contribution in [2.75, 3.05) is 26.2 Å². The number of urea groups is 1. The summed E-state index contributed by atoms with van der Waals surface area (Å²) < 4.78 is 1.70. The van der Waals surface area contributed by atoms with Crippen molar-refractivity contribution in [1.82, 2.24) is 34.9 Å². The average molecular weight is 377 g/mol. The van der Waals surface area contributed by atoms with Gasteiger partial charge in [0, 0.05) is 51.7 Å². The van der Waals surface area contributed by atoms with Gasteiger partial charge < -0.3 is 10.2 Å². The Morgan fingerprint density at radius 1 is 1.04 bits per heavy atom. The van der Waals surface area contributed by atoms with Crippen LogP contribution >= 0.6 is 0 Å². The van der Waals surface area contributed by atoms with Crippen molar-refractivity contribution in [3.05, 3.63) is 72.6 Å². The number of nitrogens with one attached hydrogen (secondary N) is 1. The van der Waals surface area contributed by atoms with E-state index in [4.69, 9.17) is 0 Å². The van der Waals surface area contributed by atoms with Crippen molar-refractivity contribution in [2.24, 2.45) is 0 Å². The molecule has 0 aliphatic carbocycles. The summed E-state index contributed by atoms with van der Waals surface area (Å²) in [4.78, 5) is 24.9. The highest BCUT2D eigenvalue weighted by molar-refractivity contribution is 5.74. The van der Waals surface area contributed by atoms with Gasteiger partial charge in [-0.25, -0.2) is 14.5 Å². The third-order valence-electron chi connectivity index (χ3n) is 4.83. The van der Waals surface area contributed by atoms with Crippen molar-refractivity contribution < 1.29 is 4.79 Å². The number of rotatable bonds is 5. The fourth-order valence-electron chi connectivity index (χ4n) is 3.30. The monoisotopic (exact) mass is 377 g/mol. The highest BCUT2D eigenvalue weighted by Crippen LogP contribution is 2.10. The summed E-state index contributed by atoms with van der Waals surface area (Å²) in [6, 6.07) is 11.9. The standard InChI is InChI=1S/C20H23N7O/c28-20(23-13-17-3-1-5-19(11-17)27-16-22-15-24-27)26-9-7-25(8-10-26)14-18-4-2-6-21-12-18/h1-6,11-12,15-16H,7-10,13-14H2,(H,23,28). The van der Waals surface area contributed by atoms with Crippen LogP contribution in [0.2, 0.25) is 0 Å². The number of hydrogen-bond donors (Lipinski definition) is 1. The Morgan fingerprint density at radius 2 is 1.89 bits per heavy atom. The smallest absolute Gasteiger partial charge is 0.317 e. The molecule has 0 saturated carbocycles. The molecule has 8 heteroatoms. The quantitative estimate of drug-likeness (QED) is 0.732. The van der Waals surface area contributed by atoms with Crippen molar-refractivity contribution in [3.63, 3.8) is 0 Å². The Morgan fingerprint density at radius 3 is 2.64 bits per heavy atom. The van der Waals surface area contributed by atoms with Gasteiger partial charge in [-0.1, -0.05) is 18.2 Å². The van der Waals surface area contributed by atoms with Crippen LogP contribution in [0.5, 0.6) is 0 Å². The van der Waals surface area contributed by atoms with E-state index in [1.165, 1.54) is 11.9 Å². The van der Waals surface area contributed by atoms with E-state index >= 15 is 0 Å². The van der Waals surface area contributed by atoms with Crippen LogP contribution in [0.3, 0.4) is 0 Å². The minimum absolute atomic E-state index is 0.0211. The topological polar surface area (TPSA) is 79.2 Å². The summed E-state index contributed by atoms with van der Waals surface area (Å²) >= 11 is 0. The number of carbonyl (C=O) groups is 1. The van der Waals surface area contributed by atoms with Crippen LogP contribution in [-0.4, -0.2) is 61.8 Å². The molecule has 1 N–H and O–H groups in total. The molecule has 0 unspecified atom stereocenters. The minimum Gasteiger partial charge on any atom is -0.334 e. The van der Waals surface area contributed by atoms with Crippen LogP contribution < -0.4 is 5.32 Å². The van der Waals surface area contributed by atoms with Gasteiger partial charge in [0.1, 0.15) is 12.7 Å². The zero-order valence-electron chi connectivity index (χ0n) is 15.6. The second kappa shape index (κ2) is 8.62. The molecule has 4 rings (SSSR count). The largest absolute Gasteiger partial charge is 0.334 e. The van der Waals surface area contributed by atoms with Crippen molar-refractivity contribution in [3.8, 4) is 5.69 Å². The summed E-state index contributed by atoms with van der Waals surface area (Å²) in [5.41, 5.74) is 3.15. The van der Waals surface area contributed by atoms with Crippen LogP contribution in [-0.2, 0) is 13.1 Å². The van der Waals surface area contributed by atoms with Gasteiger partial charge in [0.15, 0.2) is 0 Å². The van der Waals surface area contributed by atoms with Gasteiger partial charge in [0.2, 0.25) is 0 Å². The van der Waals surface area contributed by atoms with Crippen LogP contribution in [0.15, 0.2) is 61.4 Å². The zero-order chi connectivity index (χ0) is 19.2. The summed E-state index contributed by atoms with van der Waals surface area (Å²) in [6.07, 6.45) is 6.84. The Bertz CT molecular complexity index is 890. The van der Waals surface area contributed by atoms with Gasteiger partial charge in [-0.05, 0) is 29.3 Å². The summed E-state index contributed by atoms with van der Waals surface area (Å²) in [7, 11) is 0. The lowest BCUT2D eigenvalue weighted by molar-refractivity contribution is 0.135. The van der Waals surface area contributed by atoms with E-state index < -0.39 is 0 Å². The number of aromatic nitrogens is 4. The van der Waals surface area contributed by atoms with Crippen LogP contribution in [0, 0.1) is 0 Å². The fourth-order valence-corrected chi connectivity index (χ4v) is 3.30. The molecule has 144 valence electrons. The molecule has 8 nitrogen and oxygen atoms in total. The Labute approximate surface area is 163 Å². The molecule has 1 fully saturated rings. The van der Waals surface area contributed by atoms with E-state index in [0.29, 0.717) is 6.54 Å². The average Bonchev–Trinajstić information content (AvgIpc) is 3.29. The maximum absolute atomic E-state index is 12.5. The third kappa shape index (κ3) is 4.52. The van der Waals surface area contributed by atoms with E-state index in [-0.39, 0.29) is 6.03 Å². The maximum Gasteiger partial charge on any atom is 0.317 e. The van der Waals surface area contributed by atoms with E-state index in [2.05, 4.69) is 31.3 Å². The number of nitrogens with zero attached hydrogens (tertiary/aromatic N) is 6. The highest BCUT2D eigenvalue weighted by Gasteiger charge is 2.20. The predicted octanol–water partition coefficient (Wildman–Crippen LogP) is 1.69. The van der Waals surface area contributed by atoms with Crippen molar-refractivity contribution in [1.29, 1.82) is 0 Å². The van der Waals surface area contributed by atoms with Gasteiger partial charge >= 0.3 is 6.03 Å². The van der Waals surface area contributed by atoms with E-state index in [0.717, 1.165) is 44.0 Å².